The van der Waals surface area contributed by atoms with Crippen LogP contribution in [0.2, 0.25) is 0 Å². The second-order valence-corrected chi connectivity index (χ2v) is 4.29. The molecule has 18 heavy (non-hydrogen) atoms. The molecule has 1 unspecified atom stereocenters. The van der Waals surface area contributed by atoms with Crippen LogP contribution in [0.1, 0.15) is 25.8 Å². The van der Waals surface area contributed by atoms with Crippen LogP contribution in [0.4, 0.5) is 8.78 Å². The van der Waals surface area contributed by atoms with Gasteiger partial charge in [-0.05, 0) is 31.5 Å². The Hall–Kier alpha value is -1.49. The lowest BCUT2D eigenvalue weighted by Gasteiger charge is -2.26. The first kappa shape index (κ1) is 14.6. The Balaban J connectivity index is 2.88. The number of benzene rings is 1. The molecule has 0 aromatic heterocycles. The molecule has 3 nitrogen and oxygen atoms in total. The quantitative estimate of drug-likeness (QED) is 0.851. The van der Waals surface area contributed by atoms with Gasteiger partial charge in [0.05, 0.1) is 6.54 Å². The van der Waals surface area contributed by atoms with Crippen LogP contribution < -0.4 is 0 Å². The summed E-state index contributed by atoms with van der Waals surface area (Å²) < 4.78 is 26.5. The summed E-state index contributed by atoms with van der Waals surface area (Å²) in [5, 5.41) is 8.82. The molecule has 0 aliphatic rings. The number of rotatable bonds is 6. The van der Waals surface area contributed by atoms with Crippen LogP contribution in [0, 0.1) is 11.6 Å². The number of carboxylic acids is 1. The second kappa shape index (κ2) is 6.44. The SMILES string of the molecule is CCC(C)N(CC(=O)O)Cc1cc(F)ccc1F. The van der Waals surface area contributed by atoms with Gasteiger partial charge in [-0.1, -0.05) is 6.92 Å². The molecule has 0 saturated heterocycles. The van der Waals surface area contributed by atoms with Crippen molar-refractivity contribution >= 4 is 5.97 Å². The second-order valence-electron chi connectivity index (χ2n) is 4.29. The average Bonchev–Trinajstić information content (AvgIpc) is 2.31. The van der Waals surface area contributed by atoms with E-state index in [1.54, 1.807) is 4.90 Å². The molecule has 0 aliphatic heterocycles. The van der Waals surface area contributed by atoms with Gasteiger partial charge in [-0.2, -0.15) is 0 Å². The molecule has 1 atom stereocenters. The normalized spacial score (nSPS) is 12.7. The van der Waals surface area contributed by atoms with Crippen LogP contribution in [0.25, 0.3) is 0 Å². The van der Waals surface area contributed by atoms with E-state index >= 15 is 0 Å². The first-order valence-electron chi connectivity index (χ1n) is 5.83. The van der Waals surface area contributed by atoms with Crippen molar-refractivity contribution in [1.29, 1.82) is 0 Å². The van der Waals surface area contributed by atoms with E-state index in [1.165, 1.54) is 0 Å². The van der Waals surface area contributed by atoms with Gasteiger partial charge in [0, 0.05) is 18.2 Å². The molecule has 1 aromatic rings. The molecule has 1 rings (SSSR count). The number of halogens is 2. The largest absolute Gasteiger partial charge is 0.480 e. The Kier molecular flexibility index (Phi) is 5.22. The lowest BCUT2D eigenvalue weighted by atomic mass is 10.1. The van der Waals surface area contributed by atoms with E-state index in [0.717, 1.165) is 24.6 Å². The van der Waals surface area contributed by atoms with E-state index in [2.05, 4.69) is 0 Å². The van der Waals surface area contributed by atoms with Crippen LogP contribution >= 0.6 is 0 Å². The maximum absolute atomic E-state index is 13.5. The molecule has 0 spiro atoms. The van der Waals surface area contributed by atoms with Gasteiger partial charge in [-0.3, -0.25) is 9.69 Å². The van der Waals surface area contributed by atoms with Gasteiger partial charge in [0.1, 0.15) is 11.6 Å². The molecule has 0 aliphatic carbocycles. The predicted molar refractivity (Wildman–Crippen MR) is 64.2 cm³/mol. The van der Waals surface area contributed by atoms with Crippen LogP contribution in [0.5, 0.6) is 0 Å². The zero-order chi connectivity index (χ0) is 13.7. The van der Waals surface area contributed by atoms with Crippen molar-refractivity contribution in [3.05, 3.63) is 35.4 Å². The number of aliphatic carboxylic acids is 1. The van der Waals surface area contributed by atoms with Crippen LogP contribution in [-0.4, -0.2) is 28.6 Å². The van der Waals surface area contributed by atoms with Crippen LogP contribution in [0.15, 0.2) is 18.2 Å². The van der Waals surface area contributed by atoms with E-state index in [0.29, 0.717) is 0 Å². The molecule has 0 fully saturated rings. The minimum absolute atomic E-state index is 0.0104. The number of hydrogen-bond acceptors (Lipinski definition) is 2. The van der Waals surface area contributed by atoms with Crippen LogP contribution in [0.3, 0.4) is 0 Å². The highest BCUT2D eigenvalue weighted by molar-refractivity contribution is 5.69. The Morgan fingerprint density at radius 2 is 2.11 bits per heavy atom. The molecule has 0 bridgehead atoms. The number of carboxylic acid groups (broad SMARTS) is 1. The summed E-state index contributed by atoms with van der Waals surface area (Å²) in [6.07, 6.45) is 0.740. The Morgan fingerprint density at radius 1 is 1.44 bits per heavy atom. The molecule has 0 amide bonds. The number of nitrogens with zero attached hydrogens (tertiary/aromatic N) is 1. The highest BCUT2D eigenvalue weighted by atomic mass is 19.1. The van der Waals surface area contributed by atoms with Gasteiger partial charge < -0.3 is 5.11 Å². The summed E-state index contributed by atoms with van der Waals surface area (Å²) >= 11 is 0. The van der Waals surface area contributed by atoms with Crippen molar-refractivity contribution in [2.45, 2.75) is 32.9 Å². The van der Waals surface area contributed by atoms with Crippen molar-refractivity contribution in [2.24, 2.45) is 0 Å². The fourth-order valence-electron chi connectivity index (χ4n) is 1.68. The lowest BCUT2D eigenvalue weighted by molar-refractivity contribution is -0.139. The van der Waals surface area contributed by atoms with E-state index in [-0.39, 0.29) is 24.7 Å². The molecule has 0 heterocycles. The van der Waals surface area contributed by atoms with E-state index < -0.39 is 17.6 Å². The van der Waals surface area contributed by atoms with Gasteiger partial charge in [0.25, 0.3) is 0 Å². The number of carbonyl (C=O) groups is 1. The van der Waals surface area contributed by atoms with Gasteiger partial charge in [0.15, 0.2) is 0 Å². The molecule has 5 heteroatoms. The maximum atomic E-state index is 13.5. The van der Waals surface area contributed by atoms with Crippen molar-refractivity contribution in [1.82, 2.24) is 4.90 Å². The topological polar surface area (TPSA) is 40.5 Å². The summed E-state index contributed by atoms with van der Waals surface area (Å²) in [5.41, 5.74) is 0.177. The van der Waals surface area contributed by atoms with Crippen molar-refractivity contribution in [3.8, 4) is 0 Å². The fraction of sp³-hybridized carbons (Fsp3) is 0.462. The predicted octanol–water partition coefficient (Wildman–Crippen LogP) is 2.65. The molecule has 100 valence electrons. The first-order chi connectivity index (χ1) is 8.43. The fourth-order valence-corrected chi connectivity index (χ4v) is 1.68. The highest BCUT2D eigenvalue weighted by Gasteiger charge is 2.17. The highest BCUT2D eigenvalue weighted by Crippen LogP contribution is 2.15. The van der Waals surface area contributed by atoms with Crippen molar-refractivity contribution < 1.29 is 18.7 Å². The van der Waals surface area contributed by atoms with Crippen molar-refractivity contribution in [2.75, 3.05) is 6.54 Å². The lowest BCUT2D eigenvalue weighted by Crippen LogP contribution is -2.36. The minimum Gasteiger partial charge on any atom is -0.480 e. The summed E-state index contributed by atoms with van der Waals surface area (Å²) in [5.74, 6) is -2.02. The third kappa shape index (κ3) is 4.07. The monoisotopic (exact) mass is 257 g/mol. The van der Waals surface area contributed by atoms with Gasteiger partial charge in [0.2, 0.25) is 0 Å². The summed E-state index contributed by atoms with van der Waals surface area (Å²) in [6, 6.07) is 3.19. The zero-order valence-corrected chi connectivity index (χ0v) is 10.5. The molecule has 0 saturated carbocycles. The smallest absolute Gasteiger partial charge is 0.317 e. The maximum Gasteiger partial charge on any atom is 0.317 e. The Bertz CT molecular complexity index is 423. The molecular weight excluding hydrogens is 240 g/mol. The third-order valence-electron chi connectivity index (χ3n) is 2.93. The molecule has 1 aromatic carbocycles. The van der Waals surface area contributed by atoms with Crippen molar-refractivity contribution in [3.63, 3.8) is 0 Å². The average molecular weight is 257 g/mol. The van der Waals surface area contributed by atoms with E-state index in [9.17, 15) is 13.6 Å². The van der Waals surface area contributed by atoms with E-state index in [4.69, 9.17) is 5.11 Å². The van der Waals surface area contributed by atoms with E-state index in [1.807, 2.05) is 13.8 Å². The number of hydrogen-bond donors (Lipinski definition) is 1. The van der Waals surface area contributed by atoms with Gasteiger partial charge >= 0.3 is 5.97 Å². The van der Waals surface area contributed by atoms with Gasteiger partial charge in [-0.25, -0.2) is 8.78 Å². The Morgan fingerprint density at radius 3 is 2.67 bits per heavy atom. The Labute approximate surface area is 105 Å². The summed E-state index contributed by atoms with van der Waals surface area (Å²) in [6.45, 7) is 3.68. The zero-order valence-electron chi connectivity index (χ0n) is 10.5. The summed E-state index contributed by atoms with van der Waals surface area (Å²) in [4.78, 5) is 12.4. The summed E-state index contributed by atoms with van der Waals surface area (Å²) in [7, 11) is 0. The first-order valence-corrected chi connectivity index (χ1v) is 5.83. The van der Waals surface area contributed by atoms with Crippen LogP contribution in [-0.2, 0) is 11.3 Å². The standard InChI is InChI=1S/C13H17F2NO2/c1-3-9(2)16(8-13(17)18)7-10-6-11(14)4-5-12(10)15/h4-6,9H,3,7-8H2,1-2H3,(H,17,18). The molecule has 1 N–H and O–H groups in total. The minimum atomic E-state index is -0.980. The molecule has 0 radical (unpaired) electrons. The molecular formula is C13H17F2NO2. The third-order valence-corrected chi connectivity index (χ3v) is 2.93. The van der Waals surface area contributed by atoms with Gasteiger partial charge in [-0.15, -0.1) is 0 Å².